The molecule has 4 heterocycles. The van der Waals surface area contributed by atoms with Gasteiger partial charge in [0.25, 0.3) is 5.91 Å². The number of halogens is 1. The van der Waals surface area contributed by atoms with Crippen LogP contribution in [0.5, 0.6) is 0 Å². The highest BCUT2D eigenvalue weighted by Crippen LogP contribution is 2.41. The largest absolute Gasteiger partial charge is 0.457 e. The van der Waals surface area contributed by atoms with E-state index in [4.69, 9.17) is 4.42 Å². The van der Waals surface area contributed by atoms with Gasteiger partial charge in [0.1, 0.15) is 22.3 Å². The molecule has 2 N–H and O–H groups in total. The standard InChI is InChI=1S/C21H20FN3O2S/c1-2-25-10-9-14-17(11-25)28-21-18(14)20(26)23-19(24-21)16-8-7-15(27-16)12-3-5-13(22)6-4-12/h3-8,19,24H,2,9-11H2,1H3,(H,23,26)/t19-/m0/s1. The zero-order valence-electron chi connectivity index (χ0n) is 15.4. The van der Waals surface area contributed by atoms with Gasteiger partial charge in [-0.3, -0.25) is 9.69 Å². The first-order valence-electron chi connectivity index (χ1n) is 9.42. The van der Waals surface area contributed by atoms with Crippen LogP contribution >= 0.6 is 11.3 Å². The molecule has 144 valence electrons. The van der Waals surface area contributed by atoms with Gasteiger partial charge in [-0.05, 0) is 54.9 Å². The van der Waals surface area contributed by atoms with Crippen molar-refractivity contribution in [2.24, 2.45) is 0 Å². The van der Waals surface area contributed by atoms with E-state index in [9.17, 15) is 9.18 Å². The smallest absolute Gasteiger partial charge is 0.256 e. The second kappa shape index (κ2) is 6.76. The van der Waals surface area contributed by atoms with Gasteiger partial charge in [-0.1, -0.05) is 6.92 Å². The molecule has 5 rings (SSSR count). The topological polar surface area (TPSA) is 57.5 Å². The lowest BCUT2D eigenvalue weighted by atomic mass is 10.0. The lowest BCUT2D eigenvalue weighted by Gasteiger charge is -2.27. The van der Waals surface area contributed by atoms with Gasteiger partial charge in [-0.25, -0.2) is 4.39 Å². The predicted octanol–water partition coefficient (Wildman–Crippen LogP) is 4.38. The summed E-state index contributed by atoms with van der Waals surface area (Å²) in [7, 11) is 0. The molecule has 0 saturated carbocycles. The van der Waals surface area contributed by atoms with E-state index >= 15 is 0 Å². The molecule has 1 aromatic carbocycles. The third-order valence-corrected chi connectivity index (χ3v) is 6.55. The van der Waals surface area contributed by atoms with E-state index in [-0.39, 0.29) is 11.7 Å². The fraction of sp³-hybridized carbons (Fsp3) is 0.286. The van der Waals surface area contributed by atoms with E-state index in [1.807, 2.05) is 12.1 Å². The van der Waals surface area contributed by atoms with Crippen molar-refractivity contribution in [3.63, 3.8) is 0 Å². The zero-order chi connectivity index (χ0) is 19.3. The highest BCUT2D eigenvalue weighted by atomic mass is 32.1. The van der Waals surface area contributed by atoms with Crippen molar-refractivity contribution in [2.45, 2.75) is 26.1 Å². The Morgan fingerprint density at radius 2 is 2.04 bits per heavy atom. The fourth-order valence-electron chi connectivity index (χ4n) is 3.86. The van der Waals surface area contributed by atoms with Crippen LogP contribution in [-0.4, -0.2) is 23.9 Å². The number of amides is 1. The van der Waals surface area contributed by atoms with Gasteiger partial charge in [0.2, 0.25) is 0 Å². The first-order chi connectivity index (χ1) is 13.6. The molecule has 0 saturated heterocycles. The maximum Gasteiger partial charge on any atom is 0.256 e. The van der Waals surface area contributed by atoms with Gasteiger partial charge in [0.15, 0.2) is 6.17 Å². The van der Waals surface area contributed by atoms with E-state index in [0.29, 0.717) is 11.5 Å². The molecule has 1 amide bonds. The molecule has 0 aliphatic carbocycles. The number of rotatable bonds is 3. The summed E-state index contributed by atoms with van der Waals surface area (Å²) < 4.78 is 19.1. The molecule has 0 spiro atoms. The predicted molar refractivity (Wildman–Crippen MR) is 107 cm³/mol. The van der Waals surface area contributed by atoms with Crippen molar-refractivity contribution in [3.8, 4) is 11.3 Å². The first-order valence-corrected chi connectivity index (χ1v) is 10.2. The van der Waals surface area contributed by atoms with E-state index < -0.39 is 6.17 Å². The van der Waals surface area contributed by atoms with E-state index in [0.717, 1.165) is 42.2 Å². The molecule has 28 heavy (non-hydrogen) atoms. The number of fused-ring (bicyclic) bond motifs is 3. The molecule has 2 aliphatic heterocycles. The lowest BCUT2D eigenvalue weighted by Crippen LogP contribution is -2.38. The maximum absolute atomic E-state index is 13.1. The summed E-state index contributed by atoms with van der Waals surface area (Å²) in [6.07, 6.45) is 0.487. The number of benzene rings is 1. The molecule has 0 fully saturated rings. The van der Waals surface area contributed by atoms with E-state index in [2.05, 4.69) is 22.5 Å². The third kappa shape index (κ3) is 2.91. The van der Waals surface area contributed by atoms with Crippen LogP contribution in [0.1, 0.15) is 39.6 Å². The summed E-state index contributed by atoms with van der Waals surface area (Å²) in [6.45, 7) is 5.07. The average molecular weight is 397 g/mol. The SMILES string of the molecule is CCN1CCc2c(sc3c2C(=O)N[C@H](c2ccc(-c4ccc(F)cc4)o2)N3)C1. The molecule has 1 atom stereocenters. The molecule has 0 radical (unpaired) electrons. The van der Waals surface area contributed by atoms with Crippen LogP contribution in [0.4, 0.5) is 9.39 Å². The minimum absolute atomic E-state index is 0.0547. The number of likely N-dealkylation sites (N-methyl/N-ethyl adjacent to an activating group) is 1. The van der Waals surface area contributed by atoms with Crippen molar-refractivity contribution in [2.75, 3.05) is 18.4 Å². The number of anilines is 1. The molecular weight excluding hydrogens is 377 g/mol. The maximum atomic E-state index is 13.1. The molecule has 2 aromatic heterocycles. The van der Waals surface area contributed by atoms with E-state index in [1.165, 1.54) is 22.6 Å². The van der Waals surface area contributed by atoms with Gasteiger partial charge in [-0.15, -0.1) is 11.3 Å². The summed E-state index contributed by atoms with van der Waals surface area (Å²) in [5.41, 5.74) is 2.76. The van der Waals surface area contributed by atoms with Crippen LogP contribution in [0.3, 0.4) is 0 Å². The number of hydrogen-bond donors (Lipinski definition) is 2. The highest BCUT2D eigenvalue weighted by Gasteiger charge is 2.34. The van der Waals surface area contributed by atoms with Gasteiger partial charge in [0, 0.05) is 23.5 Å². The monoisotopic (exact) mass is 397 g/mol. The lowest BCUT2D eigenvalue weighted by molar-refractivity contribution is 0.0930. The van der Waals surface area contributed by atoms with Crippen molar-refractivity contribution in [1.82, 2.24) is 10.2 Å². The Hall–Kier alpha value is -2.64. The summed E-state index contributed by atoms with van der Waals surface area (Å²) in [5.74, 6) is 0.925. The normalized spacial score (nSPS) is 18.9. The number of furan rings is 1. The van der Waals surface area contributed by atoms with Gasteiger partial charge in [-0.2, -0.15) is 0 Å². The molecule has 3 aromatic rings. The molecule has 7 heteroatoms. The summed E-state index contributed by atoms with van der Waals surface area (Å²) in [4.78, 5) is 16.5. The Labute approximate surface area is 166 Å². The number of nitrogens with one attached hydrogen (secondary N) is 2. The van der Waals surface area contributed by atoms with Crippen LogP contribution in [0.25, 0.3) is 11.3 Å². The molecule has 5 nitrogen and oxygen atoms in total. The Bertz CT molecular complexity index is 1040. The summed E-state index contributed by atoms with van der Waals surface area (Å²) >= 11 is 1.67. The van der Waals surface area contributed by atoms with Gasteiger partial charge >= 0.3 is 0 Å². The Morgan fingerprint density at radius 1 is 1.21 bits per heavy atom. The summed E-state index contributed by atoms with van der Waals surface area (Å²) in [6, 6.07) is 9.84. The zero-order valence-corrected chi connectivity index (χ0v) is 16.2. The van der Waals surface area contributed by atoms with Crippen molar-refractivity contribution < 1.29 is 13.6 Å². The molecule has 2 aliphatic rings. The quantitative estimate of drug-likeness (QED) is 0.689. The summed E-state index contributed by atoms with van der Waals surface area (Å²) in [5, 5.41) is 7.35. The number of carbonyl (C=O) groups is 1. The number of carbonyl (C=O) groups excluding carboxylic acids is 1. The second-order valence-electron chi connectivity index (χ2n) is 7.09. The molecule has 0 unspecified atom stereocenters. The van der Waals surface area contributed by atoms with Crippen molar-refractivity contribution >= 4 is 22.2 Å². The van der Waals surface area contributed by atoms with Crippen LogP contribution in [-0.2, 0) is 13.0 Å². The van der Waals surface area contributed by atoms with Crippen molar-refractivity contribution in [3.05, 3.63) is 64.0 Å². The minimum Gasteiger partial charge on any atom is -0.457 e. The molecule has 0 bridgehead atoms. The van der Waals surface area contributed by atoms with Crippen LogP contribution in [0.15, 0.2) is 40.8 Å². The Balaban J connectivity index is 1.42. The minimum atomic E-state index is -0.420. The first kappa shape index (κ1) is 17.5. The number of nitrogens with zero attached hydrogens (tertiary/aromatic N) is 1. The Kier molecular flexibility index (Phi) is 4.21. The third-order valence-electron chi connectivity index (χ3n) is 5.40. The highest BCUT2D eigenvalue weighted by molar-refractivity contribution is 7.16. The number of thiophene rings is 1. The van der Waals surface area contributed by atoms with Crippen LogP contribution < -0.4 is 10.6 Å². The Morgan fingerprint density at radius 3 is 2.82 bits per heavy atom. The van der Waals surface area contributed by atoms with E-state index in [1.54, 1.807) is 23.5 Å². The van der Waals surface area contributed by atoms with Crippen LogP contribution in [0, 0.1) is 5.82 Å². The fourth-order valence-corrected chi connectivity index (χ4v) is 5.17. The second-order valence-corrected chi connectivity index (χ2v) is 8.19. The van der Waals surface area contributed by atoms with Gasteiger partial charge in [0.05, 0.1) is 5.56 Å². The van der Waals surface area contributed by atoms with Gasteiger partial charge < -0.3 is 15.1 Å². The van der Waals surface area contributed by atoms with Crippen LogP contribution in [0.2, 0.25) is 0 Å². The van der Waals surface area contributed by atoms with Crippen molar-refractivity contribution in [1.29, 1.82) is 0 Å². The average Bonchev–Trinajstić information content (AvgIpc) is 3.32. The molecular formula is C21H20FN3O2S. The number of hydrogen-bond acceptors (Lipinski definition) is 5.